The van der Waals surface area contributed by atoms with Crippen molar-refractivity contribution in [3.05, 3.63) is 119 Å². The lowest BCUT2D eigenvalue weighted by atomic mass is 10.1. The van der Waals surface area contributed by atoms with Crippen LogP contribution in [0.4, 0.5) is 11.4 Å². The van der Waals surface area contributed by atoms with Gasteiger partial charge in [-0.1, -0.05) is 54.1 Å². The van der Waals surface area contributed by atoms with Crippen molar-refractivity contribution >= 4 is 21.4 Å². The zero-order chi connectivity index (χ0) is 25.1. The summed E-state index contributed by atoms with van der Waals surface area (Å²) < 4.78 is 29.8. The van der Waals surface area contributed by atoms with Gasteiger partial charge in [0.1, 0.15) is 0 Å². The van der Waals surface area contributed by atoms with Crippen LogP contribution < -0.4 is 4.90 Å². The third-order valence-corrected chi connectivity index (χ3v) is 8.47. The van der Waals surface area contributed by atoms with Gasteiger partial charge in [-0.25, -0.2) is 18.2 Å². The molecule has 1 aliphatic heterocycles. The van der Waals surface area contributed by atoms with Crippen molar-refractivity contribution in [3.63, 3.8) is 0 Å². The molecule has 0 aliphatic carbocycles. The molecule has 4 aromatic rings. The van der Waals surface area contributed by atoms with E-state index in [0.717, 1.165) is 28.1 Å². The zero-order valence-electron chi connectivity index (χ0n) is 20.0. The molecule has 7 nitrogen and oxygen atoms in total. The van der Waals surface area contributed by atoms with E-state index >= 15 is 0 Å². The Morgan fingerprint density at radius 2 is 1.86 bits per heavy atom. The van der Waals surface area contributed by atoms with Gasteiger partial charge >= 0.3 is 0 Å². The lowest BCUT2D eigenvalue weighted by Crippen LogP contribution is -2.45. The fourth-order valence-corrected chi connectivity index (χ4v) is 6.32. The molecule has 0 unspecified atom stereocenters. The number of rotatable bonds is 6. The summed E-state index contributed by atoms with van der Waals surface area (Å²) in [7, 11) is -3.81. The first-order valence-corrected chi connectivity index (χ1v) is 13.2. The Hall–Kier alpha value is -3.93. The first-order chi connectivity index (χ1) is 17.4. The highest BCUT2D eigenvalue weighted by atomic mass is 32.2. The molecule has 5 rings (SSSR count). The van der Waals surface area contributed by atoms with E-state index in [1.165, 1.54) is 0 Å². The van der Waals surface area contributed by atoms with Crippen molar-refractivity contribution in [2.45, 2.75) is 37.4 Å². The van der Waals surface area contributed by atoms with Crippen molar-refractivity contribution in [3.8, 4) is 0 Å². The largest absolute Gasteiger partial charge is 0.364 e. The monoisotopic (exact) mass is 497 g/mol. The summed E-state index contributed by atoms with van der Waals surface area (Å²) in [4.78, 5) is 13.4. The number of hydrogen-bond donors (Lipinski definition) is 1. The van der Waals surface area contributed by atoms with E-state index in [4.69, 9.17) is 6.57 Å². The van der Waals surface area contributed by atoms with Crippen LogP contribution in [0.3, 0.4) is 0 Å². The van der Waals surface area contributed by atoms with E-state index < -0.39 is 10.0 Å². The molecular weight excluding hydrogens is 470 g/mol. The van der Waals surface area contributed by atoms with E-state index in [9.17, 15) is 8.42 Å². The lowest BCUT2D eigenvalue weighted by Gasteiger charge is -2.32. The second-order valence-corrected chi connectivity index (χ2v) is 11.0. The number of imidazole rings is 1. The van der Waals surface area contributed by atoms with E-state index in [0.29, 0.717) is 25.2 Å². The van der Waals surface area contributed by atoms with Crippen LogP contribution in [-0.2, 0) is 29.5 Å². The average Bonchev–Trinajstić information content (AvgIpc) is 3.35. The standard InChI is InChI=1S/C28H27N5O2S/c1-21-8-11-27(12-9-21)36(34,35)33-17-23-15-24(29-2)10-13-28(23)32(18-25-16-30-20-31-25)19-26(33)14-22-6-4-3-5-7-22/h3-13,15-16,20,26H,14,17-19H2,1H3,(H,30,31)/t26-/m1/s1. The highest BCUT2D eigenvalue weighted by Gasteiger charge is 2.36. The van der Waals surface area contributed by atoms with E-state index in [1.54, 1.807) is 35.0 Å². The maximum Gasteiger partial charge on any atom is 0.243 e. The molecule has 182 valence electrons. The summed E-state index contributed by atoms with van der Waals surface area (Å²) in [5.74, 6) is 0. The van der Waals surface area contributed by atoms with Crippen molar-refractivity contribution in [1.82, 2.24) is 14.3 Å². The number of sulfonamides is 1. The Kier molecular flexibility index (Phi) is 6.59. The molecule has 0 bridgehead atoms. The Morgan fingerprint density at radius 3 is 2.56 bits per heavy atom. The number of nitrogens with one attached hydrogen (secondary N) is 1. The molecule has 1 N–H and O–H groups in total. The third-order valence-electron chi connectivity index (χ3n) is 6.56. The van der Waals surface area contributed by atoms with Crippen LogP contribution in [-0.4, -0.2) is 35.3 Å². The highest BCUT2D eigenvalue weighted by molar-refractivity contribution is 7.89. The van der Waals surface area contributed by atoms with Gasteiger partial charge in [-0.15, -0.1) is 0 Å². The smallest absolute Gasteiger partial charge is 0.243 e. The molecule has 2 heterocycles. The lowest BCUT2D eigenvalue weighted by molar-refractivity contribution is 0.318. The van der Waals surface area contributed by atoms with Gasteiger partial charge in [0.25, 0.3) is 0 Å². The van der Waals surface area contributed by atoms with Crippen LogP contribution in [0, 0.1) is 13.5 Å². The van der Waals surface area contributed by atoms with Gasteiger partial charge in [-0.05, 0) is 48.7 Å². The summed E-state index contributed by atoms with van der Waals surface area (Å²) >= 11 is 0. The van der Waals surface area contributed by atoms with Crippen molar-refractivity contribution in [1.29, 1.82) is 0 Å². The minimum absolute atomic E-state index is 0.186. The van der Waals surface area contributed by atoms with Gasteiger partial charge in [0, 0.05) is 31.0 Å². The van der Waals surface area contributed by atoms with Crippen LogP contribution in [0.2, 0.25) is 0 Å². The van der Waals surface area contributed by atoms with Crippen LogP contribution in [0.1, 0.15) is 22.4 Å². The number of anilines is 1. The second kappa shape index (κ2) is 9.97. The number of benzene rings is 3. The molecular formula is C28H27N5O2S. The van der Waals surface area contributed by atoms with E-state index in [2.05, 4.69) is 19.7 Å². The highest BCUT2D eigenvalue weighted by Crippen LogP contribution is 2.35. The molecule has 1 atom stereocenters. The van der Waals surface area contributed by atoms with E-state index in [-0.39, 0.29) is 17.5 Å². The van der Waals surface area contributed by atoms with Crippen molar-refractivity contribution in [2.75, 3.05) is 11.4 Å². The summed E-state index contributed by atoms with van der Waals surface area (Å²) in [6.07, 6.45) is 3.99. The topological polar surface area (TPSA) is 73.7 Å². The van der Waals surface area contributed by atoms with Crippen LogP contribution in [0.25, 0.3) is 4.85 Å². The average molecular weight is 498 g/mol. The van der Waals surface area contributed by atoms with E-state index in [1.807, 2.05) is 61.5 Å². The van der Waals surface area contributed by atoms with Crippen molar-refractivity contribution < 1.29 is 8.42 Å². The van der Waals surface area contributed by atoms with Crippen LogP contribution in [0.15, 0.2) is 90.2 Å². The number of aromatic amines is 1. The minimum atomic E-state index is -3.81. The Labute approximate surface area is 211 Å². The number of aromatic nitrogens is 2. The first kappa shape index (κ1) is 23.8. The summed E-state index contributed by atoms with van der Waals surface area (Å²) in [5.41, 5.74) is 5.24. The summed E-state index contributed by atoms with van der Waals surface area (Å²) in [6.45, 7) is 10.7. The maximum absolute atomic E-state index is 14.1. The van der Waals surface area contributed by atoms with Gasteiger partial charge in [0.2, 0.25) is 10.0 Å². The minimum Gasteiger partial charge on any atom is -0.364 e. The number of hydrogen-bond acceptors (Lipinski definition) is 4. The molecule has 3 aromatic carbocycles. The van der Waals surface area contributed by atoms with Gasteiger partial charge in [-0.2, -0.15) is 4.31 Å². The Morgan fingerprint density at radius 1 is 1.08 bits per heavy atom. The molecule has 1 aliphatic rings. The number of H-pyrrole nitrogens is 1. The second-order valence-electron chi connectivity index (χ2n) is 9.09. The first-order valence-electron chi connectivity index (χ1n) is 11.8. The molecule has 1 aromatic heterocycles. The van der Waals surface area contributed by atoms with Crippen LogP contribution >= 0.6 is 0 Å². The fraction of sp³-hybridized carbons (Fsp3) is 0.214. The number of fused-ring (bicyclic) bond motifs is 1. The predicted octanol–water partition coefficient (Wildman–Crippen LogP) is 5.09. The fourth-order valence-electron chi connectivity index (χ4n) is 4.72. The van der Waals surface area contributed by atoms with Gasteiger partial charge in [-0.3, -0.25) is 0 Å². The Balaban J connectivity index is 1.62. The molecule has 36 heavy (non-hydrogen) atoms. The van der Waals surface area contributed by atoms with Crippen LogP contribution in [0.5, 0.6) is 0 Å². The summed E-state index contributed by atoms with van der Waals surface area (Å²) in [5, 5.41) is 0. The number of aryl methyl sites for hydroxylation is 1. The van der Waals surface area contributed by atoms with Gasteiger partial charge in [0.05, 0.1) is 30.0 Å². The molecule has 0 saturated heterocycles. The molecule has 0 saturated carbocycles. The molecule has 8 heteroatoms. The normalized spacial score (nSPS) is 16.2. The van der Waals surface area contributed by atoms with Gasteiger partial charge in [0.15, 0.2) is 5.69 Å². The zero-order valence-corrected chi connectivity index (χ0v) is 20.8. The Bertz CT molecular complexity index is 1480. The third kappa shape index (κ3) is 4.89. The molecule has 0 radical (unpaired) electrons. The molecule has 0 spiro atoms. The summed E-state index contributed by atoms with van der Waals surface area (Å²) in [6, 6.07) is 22.2. The molecule has 0 amide bonds. The van der Waals surface area contributed by atoms with Crippen molar-refractivity contribution in [2.24, 2.45) is 0 Å². The number of nitrogens with zero attached hydrogens (tertiary/aromatic N) is 4. The predicted molar refractivity (Wildman–Crippen MR) is 140 cm³/mol. The quantitative estimate of drug-likeness (QED) is 0.377. The maximum atomic E-state index is 14.1. The molecule has 0 fully saturated rings. The van der Waals surface area contributed by atoms with Gasteiger partial charge < -0.3 is 9.88 Å². The SMILES string of the molecule is [C-]#[N+]c1ccc2c(c1)CN(S(=O)(=O)c1ccc(C)cc1)[C@H](Cc1ccccc1)CN2Cc1cnc[nH]1.